The molecule has 1 fully saturated rings. The smallest absolute Gasteiger partial charge is 0.264 e. The second-order valence-corrected chi connectivity index (χ2v) is 8.90. The summed E-state index contributed by atoms with van der Waals surface area (Å²) in [7, 11) is 5.91. The number of hydrogen-bond acceptors (Lipinski definition) is 5. The summed E-state index contributed by atoms with van der Waals surface area (Å²) in [5, 5.41) is 1.04. The second-order valence-electron chi connectivity index (χ2n) is 7.90. The normalized spacial score (nSPS) is 13.8. The predicted molar refractivity (Wildman–Crippen MR) is 115 cm³/mol. The summed E-state index contributed by atoms with van der Waals surface area (Å²) in [6.07, 6.45) is 2.35. The van der Waals surface area contributed by atoms with E-state index in [1.807, 2.05) is 35.0 Å². The Kier molecular flexibility index (Phi) is 4.83. The maximum atomic E-state index is 13.1. The topological polar surface area (TPSA) is 49.3 Å². The highest BCUT2D eigenvalue weighted by molar-refractivity contribution is 7.20. The van der Waals surface area contributed by atoms with Crippen LogP contribution in [-0.2, 0) is 6.54 Å². The van der Waals surface area contributed by atoms with Gasteiger partial charge in [0.2, 0.25) is 0 Å². The maximum absolute atomic E-state index is 13.1. The third-order valence-electron chi connectivity index (χ3n) is 5.34. The summed E-state index contributed by atoms with van der Waals surface area (Å²) in [6, 6.07) is 8.32. The first-order valence-corrected chi connectivity index (χ1v) is 10.5. The van der Waals surface area contributed by atoms with E-state index in [1.165, 1.54) is 24.2 Å². The Morgan fingerprint density at radius 1 is 1.11 bits per heavy atom. The zero-order chi connectivity index (χ0) is 20.0. The van der Waals surface area contributed by atoms with Crippen molar-refractivity contribution in [1.82, 2.24) is 14.9 Å². The zero-order valence-electron chi connectivity index (χ0n) is 17.1. The molecule has 1 aromatic carbocycles. The zero-order valence-corrected chi connectivity index (χ0v) is 17.9. The molecule has 1 saturated carbocycles. The van der Waals surface area contributed by atoms with Gasteiger partial charge in [-0.15, -0.1) is 11.3 Å². The fourth-order valence-corrected chi connectivity index (χ4v) is 4.74. The first-order chi connectivity index (χ1) is 13.3. The Hall–Kier alpha value is -2.47. The molecule has 2 heterocycles. The van der Waals surface area contributed by atoms with E-state index in [-0.39, 0.29) is 5.91 Å². The van der Waals surface area contributed by atoms with E-state index in [2.05, 4.69) is 29.2 Å². The van der Waals surface area contributed by atoms with Crippen molar-refractivity contribution in [2.24, 2.45) is 0 Å². The minimum atomic E-state index is 0.0459. The van der Waals surface area contributed by atoms with E-state index in [1.54, 1.807) is 4.90 Å². The molecule has 4 rings (SSSR count). The summed E-state index contributed by atoms with van der Waals surface area (Å²) in [5.74, 6) is 1.50. The summed E-state index contributed by atoms with van der Waals surface area (Å²) in [5.41, 5.74) is 4.26. The van der Waals surface area contributed by atoms with Crippen LogP contribution in [0.2, 0.25) is 0 Å². The number of carbonyl (C=O) groups is 1. The van der Waals surface area contributed by atoms with E-state index < -0.39 is 0 Å². The molecule has 0 atom stereocenters. The van der Waals surface area contributed by atoms with Crippen LogP contribution in [0.4, 0.5) is 5.69 Å². The largest absolute Gasteiger partial charge is 0.378 e. The van der Waals surface area contributed by atoms with Crippen molar-refractivity contribution in [1.29, 1.82) is 0 Å². The molecule has 5 nitrogen and oxygen atoms in total. The van der Waals surface area contributed by atoms with Crippen LogP contribution in [0.25, 0.3) is 10.2 Å². The fourth-order valence-electron chi connectivity index (χ4n) is 3.51. The molecule has 1 aliphatic rings. The van der Waals surface area contributed by atoms with Crippen molar-refractivity contribution in [3.8, 4) is 0 Å². The maximum Gasteiger partial charge on any atom is 0.264 e. The third-order valence-corrected chi connectivity index (χ3v) is 6.52. The van der Waals surface area contributed by atoms with Gasteiger partial charge in [-0.2, -0.15) is 0 Å². The Bertz CT molecular complexity index is 1030. The standard InChI is InChI=1S/C22H26N4OS/c1-13-18-14(2)23-20(16-8-9-16)24-21(18)28-19(13)22(27)26(5)12-15-6-10-17(11-7-15)25(3)4/h6-7,10-11,16H,8-9,12H2,1-5H3. The number of benzene rings is 1. The number of nitrogens with zero attached hydrogens (tertiary/aromatic N) is 4. The van der Waals surface area contributed by atoms with E-state index in [0.717, 1.165) is 43.4 Å². The van der Waals surface area contributed by atoms with Gasteiger partial charge in [0.15, 0.2) is 0 Å². The van der Waals surface area contributed by atoms with E-state index in [0.29, 0.717) is 12.5 Å². The number of fused-ring (bicyclic) bond motifs is 1. The van der Waals surface area contributed by atoms with Crippen molar-refractivity contribution in [3.05, 3.63) is 51.8 Å². The Balaban J connectivity index is 1.59. The Morgan fingerprint density at radius 3 is 2.39 bits per heavy atom. The van der Waals surface area contributed by atoms with Crippen LogP contribution < -0.4 is 4.90 Å². The molecular weight excluding hydrogens is 368 g/mol. The van der Waals surface area contributed by atoms with Crippen LogP contribution in [-0.4, -0.2) is 41.9 Å². The average molecular weight is 395 g/mol. The Morgan fingerprint density at radius 2 is 1.79 bits per heavy atom. The Labute approximate surface area is 170 Å². The molecule has 0 radical (unpaired) electrons. The molecule has 6 heteroatoms. The lowest BCUT2D eigenvalue weighted by atomic mass is 10.1. The molecule has 28 heavy (non-hydrogen) atoms. The fraction of sp³-hybridized carbons (Fsp3) is 0.409. The van der Waals surface area contributed by atoms with E-state index in [4.69, 9.17) is 9.97 Å². The lowest BCUT2D eigenvalue weighted by Crippen LogP contribution is -2.26. The number of carbonyl (C=O) groups excluding carboxylic acids is 1. The SMILES string of the molecule is Cc1nc(C2CC2)nc2sc(C(=O)N(C)Cc3ccc(N(C)C)cc3)c(C)c12. The molecule has 1 amide bonds. The van der Waals surface area contributed by atoms with Gasteiger partial charge < -0.3 is 9.80 Å². The quantitative estimate of drug-likeness (QED) is 0.638. The highest BCUT2D eigenvalue weighted by atomic mass is 32.1. The van der Waals surface area contributed by atoms with Crippen LogP contribution in [0, 0.1) is 13.8 Å². The monoisotopic (exact) mass is 394 g/mol. The molecule has 0 spiro atoms. The van der Waals surface area contributed by atoms with Gasteiger partial charge in [-0.3, -0.25) is 4.79 Å². The number of aryl methyl sites for hydroxylation is 2. The molecule has 1 aliphatic carbocycles. The molecule has 146 valence electrons. The lowest BCUT2D eigenvalue weighted by Gasteiger charge is -2.18. The molecule has 0 unspecified atom stereocenters. The molecule has 0 N–H and O–H groups in total. The van der Waals surface area contributed by atoms with Gasteiger partial charge in [0, 0.05) is 44.7 Å². The minimum Gasteiger partial charge on any atom is -0.378 e. The lowest BCUT2D eigenvalue weighted by molar-refractivity contribution is 0.0789. The number of anilines is 1. The number of rotatable bonds is 5. The molecule has 3 aromatic rings. The van der Waals surface area contributed by atoms with Crippen molar-refractivity contribution >= 4 is 33.1 Å². The average Bonchev–Trinajstić information content (AvgIpc) is 3.45. The van der Waals surface area contributed by atoms with E-state index >= 15 is 0 Å². The summed E-state index contributed by atoms with van der Waals surface area (Å²) in [4.78, 5) is 28.2. The van der Waals surface area contributed by atoms with Gasteiger partial charge >= 0.3 is 0 Å². The highest BCUT2D eigenvalue weighted by Gasteiger charge is 2.29. The first-order valence-electron chi connectivity index (χ1n) is 9.64. The van der Waals surface area contributed by atoms with Crippen LogP contribution in [0.1, 0.15) is 51.1 Å². The molecule has 2 aromatic heterocycles. The first kappa shape index (κ1) is 18.9. The van der Waals surface area contributed by atoms with Crippen LogP contribution in [0.3, 0.4) is 0 Å². The highest BCUT2D eigenvalue weighted by Crippen LogP contribution is 2.40. The number of thiophene rings is 1. The summed E-state index contributed by atoms with van der Waals surface area (Å²) in [6.45, 7) is 4.62. The number of hydrogen-bond donors (Lipinski definition) is 0. The summed E-state index contributed by atoms with van der Waals surface area (Å²) < 4.78 is 0. The van der Waals surface area contributed by atoms with Gasteiger partial charge in [-0.05, 0) is 49.9 Å². The van der Waals surface area contributed by atoms with Gasteiger partial charge in [-0.25, -0.2) is 9.97 Å². The predicted octanol–water partition coefficient (Wildman–Crippen LogP) is 4.52. The number of aromatic nitrogens is 2. The molecule has 0 saturated heterocycles. The van der Waals surface area contributed by atoms with Crippen molar-refractivity contribution < 1.29 is 4.79 Å². The minimum absolute atomic E-state index is 0.0459. The van der Waals surface area contributed by atoms with Crippen LogP contribution in [0.5, 0.6) is 0 Å². The third kappa shape index (κ3) is 3.49. The van der Waals surface area contributed by atoms with Crippen molar-refractivity contribution in [3.63, 3.8) is 0 Å². The van der Waals surface area contributed by atoms with Gasteiger partial charge in [0.1, 0.15) is 10.7 Å². The molecular formula is C22H26N4OS. The van der Waals surface area contributed by atoms with Crippen LogP contribution >= 0.6 is 11.3 Å². The van der Waals surface area contributed by atoms with Crippen LogP contribution in [0.15, 0.2) is 24.3 Å². The van der Waals surface area contributed by atoms with E-state index in [9.17, 15) is 4.79 Å². The van der Waals surface area contributed by atoms with Crippen molar-refractivity contribution in [2.45, 2.75) is 39.2 Å². The second kappa shape index (κ2) is 7.17. The molecule has 0 bridgehead atoms. The van der Waals surface area contributed by atoms with Crippen molar-refractivity contribution in [2.75, 3.05) is 26.0 Å². The summed E-state index contributed by atoms with van der Waals surface area (Å²) >= 11 is 1.50. The van der Waals surface area contributed by atoms with Gasteiger partial charge in [0.25, 0.3) is 5.91 Å². The van der Waals surface area contributed by atoms with Gasteiger partial charge in [-0.1, -0.05) is 12.1 Å². The van der Waals surface area contributed by atoms with Gasteiger partial charge in [0.05, 0.1) is 10.6 Å². The molecule has 0 aliphatic heterocycles. The number of amides is 1.